The summed E-state index contributed by atoms with van der Waals surface area (Å²) in [5, 5.41) is 0.172. The van der Waals surface area contributed by atoms with E-state index in [0.717, 1.165) is 6.07 Å². The van der Waals surface area contributed by atoms with Gasteiger partial charge in [0.25, 0.3) is 0 Å². The molecule has 0 heterocycles. The molecule has 216 valence electrons. The molecule has 0 N–H and O–H groups in total. The van der Waals surface area contributed by atoms with Crippen LogP contribution in [-0.2, 0) is 42.3 Å². The Morgan fingerprint density at radius 3 is 1.24 bits per heavy atom. The Morgan fingerprint density at radius 1 is 0.486 bits per heavy atom. The second-order valence-electron chi connectivity index (χ2n) is 14.6. The third-order valence-electron chi connectivity index (χ3n) is 3.90. The van der Waals surface area contributed by atoms with E-state index in [9.17, 15) is 25.3 Å². The van der Waals surface area contributed by atoms with E-state index in [4.69, 9.17) is 11.9 Å². The third kappa shape index (κ3) is 10.0. The summed E-state index contributed by atoms with van der Waals surface area (Å²) < 4.78 is 96.3. The van der Waals surface area contributed by atoms with Crippen LogP contribution in [0, 0.1) is 0 Å². The summed E-state index contributed by atoms with van der Waals surface area (Å²) in [4.78, 5) is -1.04. The van der Waals surface area contributed by atoms with E-state index >= 15 is 0 Å². The van der Waals surface area contributed by atoms with E-state index in [1.165, 1.54) is 24.3 Å². The Labute approximate surface area is 223 Å². The predicted molar refractivity (Wildman–Crippen MR) is 161 cm³/mol. The first-order valence-corrected chi connectivity index (χ1v) is 27.2. The number of rotatable bonds is 9. The molecule has 2 rings (SSSR count). The molecule has 2 aromatic carbocycles. The van der Waals surface area contributed by atoms with E-state index in [1.54, 1.807) is 80.0 Å². The van der Waals surface area contributed by atoms with Gasteiger partial charge in [-0.15, -0.1) is 0 Å². The molecule has 0 amide bonds. The van der Waals surface area contributed by atoms with Crippen LogP contribution in [0.4, 0.5) is 0 Å². The normalized spacial score (nSPS) is 17.8. The first-order chi connectivity index (χ1) is 15.7. The van der Waals surface area contributed by atoms with Crippen LogP contribution >= 0.6 is 20.5 Å². The molecule has 0 unspecified atom stereocenters. The van der Waals surface area contributed by atoms with Gasteiger partial charge in [-0.2, -0.15) is 0 Å². The molecular formula is C22H41O9P3S3. The van der Waals surface area contributed by atoms with Gasteiger partial charge in [-0.3, -0.25) is 0 Å². The molecule has 0 atom stereocenters. The van der Waals surface area contributed by atoms with Gasteiger partial charge in [-0.05, 0) is 0 Å². The molecule has 0 radical (unpaired) electrons. The van der Waals surface area contributed by atoms with E-state index in [-0.39, 0.29) is 15.7 Å². The molecule has 0 saturated heterocycles. The van der Waals surface area contributed by atoms with Gasteiger partial charge in [0.1, 0.15) is 0 Å². The summed E-state index contributed by atoms with van der Waals surface area (Å²) in [6, 6.07) is 5.97. The average Bonchev–Trinajstić information content (AvgIpc) is 2.51. The number of hydrogen-bond acceptors (Lipinski definition) is 9. The molecule has 37 heavy (non-hydrogen) atoms. The topological polar surface area (TPSA) is 130 Å². The molecule has 0 aliphatic carbocycles. The van der Waals surface area contributed by atoms with E-state index in [1.807, 2.05) is 0 Å². The van der Waals surface area contributed by atoms with Crippen molar-refractivity contribution in [3.63, 3.8) is 0 Å². The van der Waals surface area contributed by atoms with Gasteiger partial charge in [0.2, 0.25) is 0 Å². The van der Waals surface area contributed by atoms with Crippen molar-refractivity contribution in [2.45, 2.75) is 14.7 Å². The van der Waals surface area contributed by atoms with Crippen molar-refractivity contribution in [1.82, 2.24) is 0 Å². The van der Waals surface area contributed by atoms with Gasteiger partial charge in [0.15, 0.2) is 0 Å². The fraction of sp³-hybridized carbons (Fsp3) is 0.545. The molecule has 0 fully saturated rings. The molecule has 0 aliphatic rings. The van der Waals surface area contributed by atoms with Gasteiger partial charge in [-0.25, -0.2) is 0 Å². The predicted octanol–water partition coefficient (Wildman–Crippen LogP) is 4.92. The summed E-state index contributed by atoms with van der Waals surface area (Å²) in [6.07, 6.45) is 0. The van der Waals surface area contributed by atoms with Crippen molar-refractivity contribution in [2.75, 3.05) is 80.0 Å². The first kappa shape index (κ1) is 32.9. The first-order valence-electron chi connectivity index (χ1n) is 11.2. The second-order valence-corrected chi connectivity index (χ2v) is 41.0. The van der Waals surface area contributed by atoms with E-state index in [0.29, 0.717) is 0 Å². The van der Waals surface area contributed by atoms with Crippen molar-refractivity contribution in [1.29, 1.82) is 0 Å². The maximum absolute atomic E-state index is 13.5. The Kier molecular flexibility index (Phi) is 7.66. The fourth-order valence-corrected chi connectivity index (χ4v) is 15.4. The van der Waals surface area contributed by atoms with Crippen molar-refractivity contribution < 1.29 is 37.2 Å². The third-order valence-corrected chi connectivity index (χ3v) is 15.9. The Morgan fingerprint density at radius 2 is 0.838 bits per heavy atom. The summed E-state index contributed by atoms with van der Waals surface area (Å²) in [6.45, 7) is 11.3. The molecule has 0 spiro atoms. The molecule has 0 saturated carbocycles. The molecule has 0 aliphatic heterocycles. The van der Waals surface area contributed by atoms with E-state index < -0.39 is 60.6 Å². The van der Waals surface area contributed by atoms with Crippen LogP contribution in [0.5, 0.6) is 0 Å². The molecule has 2 aromatic rings. The van der Waals surface area contributed by atoms with Crippen LogP contribution in [0.15, 0.2) is 45.0 Å². The summed E-state index contributed by atoms with van der Waals surface area (Å²) in [7, 11) is -13.1. The Balaban J connectivity index is 2.95. The summed E-state index contributed by atoms with van der Waals surface area (Å²) >= 11 is 0. The van der Waals surface area contributed by atoms with Crippen LogP contribution < -0.4 is 0 Å². The van der Waals surface area contributed by atoms with Crippen molar-refractivity contribution in [3.05, 3.63) is 30.3 Å². The van der Waals surface area contributed by atoms with Crippen LogP contribution in [0.1, 0.15) is 0 Å². The zero-order chi connectivity index (χ0) is 29.4. The van der Waals surface area contributed by atoms with Gasteiger partial charge in [-0.1, -0.05) is 0 Å². The summed E-state index contributed by atoms with van der Waals surface area (Å²) in [5.41, 5.74) is 0. The number of fused-ring (bicyclic) bond motifs is 1. The second kappa shape index (κ2) is 8.61. The van der Waals surface area contributed by atoms with Crippen molar-refractivity contribution in [2.24, 2.45) is 0 Å². The zero-order valence-corrected chi connectivity index (χ0v) is 28.8. The SMILES string of the molecule is CP(C)(C)(C)OS(=O)(=O)c1ccc2c(S(=O)(=O)OP(C)(C)(C)C)cc(S(=O)(=O)OP(C)(C)(C)C)cc2c1. The molecular weight excluding hydrogens is 597 g/mol. The van der Waals surface area contributed by atoms with Crippen LogP contribution in [0.3, 0.4) is 0 Å². The van der Waals surface area contributed by atoms with Crippen LogP contribution in [0.2, 0.25) is 0 Å². The standard InChI is InChI=1S/C22H41O9P3S3/c1-32(2,3,4)29-35(23,24)19-13-14-21-18(15-19)16-20(36(25,26)30-33(5,6,7)8)17-22(21)37(27,28)31-34(9,10,11)12/h13-17H,1-12H3. The molecule has 0 bridgehead atoms. The number of hydrogen-bond donors (Lipinski definition) is 0. The van der Waals surface area contributed by atoms with Crippen LogP contribution in [0.25, 0.3) is 10.8 Å². The van der Waals surface area contributed by atoms with Gasteiger partial charge >= 0.3 is 224 Å². The van der Waals surface area contributed by atoms with Gasteiger partial charge < -0.3 is 0 Å². The minimum atomic E-state index is -4.46. The van der Waals surface area contributed by atoms with Crippen LogP contribution in [-0.4, -0.2) is 105 Å². The maximum atomic E-state index is 13.5. The average molecular weight is 639 g/mol. The molecule has 0 aromatic heterocycles. The quantitative estimate of drug-likeness (QED) is 0.352. The Hall–Kier alpha value is -0.280. The van der Waals surface area contributed by atoms with Gasteiger partial charge in [0, 0.05) is 0 Å². The fourth-order valence-electron chi connectivity index (χ4n) is 3.10. The van der Waals surface area contributed by atoms with Crippen molar-refractivity contribution in [3.8, 4) is 0 Å². The molecule has 9 nitrogen and oxygen atoms in total. The summed E-state index contributed by atoms with van der Waals surface area (Å²) in [5.74, 6) is 0. The minimum absolute atomic E-state index is 0.0655. The van der Waals surface area contributed by atoms with E-state index in [2.05, 4.69) is 0 Å². The Bertz CT molecular complexity index is 1570. The van der Waals surface area contributed by atoms with Crippen molar-refractivity contribution >= 4 is 61.6 Å². The zero-order valence-electron chi connectivity index (χ0n) is 23.6. The van der Waals surface area contributed by atoms with Gasteiger partial charge in [0.05, 0.1) is 0 Å². The number of benzene rings is 2. The monoisotopic (exact) mass is 638 g/mol. The molecule has 15 heteroatoms.